The summed E-state index contributed by atoms with van der Waals surface area (Å²) >= 11 is 6.38. The van der Waals surface area contributed by atoms with Crippen molar-refractivity contribution in [1.82, 2.24) is 14.5 Å². The van der Waals surface area contributed by atoms with Crippen LogP contribution >= 0.6 is 11.6 Å². The second-order valence-corrected chi connectivity index (χ2v) is 4.94. The van der Waals surface area contributed by atoms with Crippen molar-refractivity contribution in [3.05, 3.63) is 65.9 Å². The van der Waals surface area contributed by atoms with Crippen molar-refractivity contribution in [2.45, 2.75) is 0 Å². The number of para-hydroxylation sites is 1. The van der Waals surface area contributed by atoms with Crippen LogP contribution in [-0.4, -0.2) is 14.5 Å². The maximum absolute atomic E-state index is 6.38. The molecular formula is C16H10ClN3. The zero-order valence-corrected chi connectivity index (χ0v) is 11.2. The van der Waals surface area contributed by atoms with Crippen LogP contribution in [0.1, 0.15) is 0 Å². The van der Waals surface area contributed by atoms with Gasteiger partial charge in [0.15, 0.2) is 0 Å². The molecule has 0 amide bonds. The van der Waals surface area contributed by atoms with Gasteiger partial charge < -0.3 is 0 Å². The lowest BCUT2D eigenvalue weighted by molar-refractivity contribution is 0.988. The van der Waals surface area contributed by atoms with E-state index in [9.17, 15) is 0 Å². The largest absolute Gasteiger partial charge is 0.278 e. The molecule has 0 N–H and O–H groups in total. The Morgan fingerprint density at radius 2 is 1.55 bits per heavy atom. The molecule has 96 valence electrons. The average Bonchev–Trinajstić information content (AvgIpc) is 2.84. The van der Waals surface area contributed by atoms with Crippen molar-refractivity contribution in [2.75, 3.05) is 0 Å². The monoisotopic (exact) mass is 279 g/mol. The molecule has 0 aliphatic heterocycles. The molecule has 0 radical (unpaired) electrons. The molecule has 0 saturated carbocycles. The number of hydrogen-bond donors (Lipinski definition) is 0. The van der Waals surface area contributed by atoms with Crippen molar-refractivity contribution >= 4 is 33.4 Å². The third-order valence-corrected chi connectivity index (χ3v) is 3.71. The molecule has 0 unspecified atom stereocenters. The summed E-state index contributed by atoms with van der Waals surface area (Å²) in [6.45, 7) is 0. The minimum atomic E-state index is 0.654. The van der Waals surface area contributed by atoms with Crippen molar-refractivity contribution in [3.63, 3.8) is 0 Å². The molecule has 20 heavy (non-hydrogen) atoms. The van der Waals surface area contributed by atoms with E-state index in [1.807, 2.05) is 41.0 Å². The molecule has 0 fully saturated rings. The normalized spacial score (nSPS) is 11.2. The molecular weight excluding hydrogens is 270 g/mol. The van der Waals surface area contributed by atoms with Gasteiger partial charge in [0.1, 0.15) is 0 Å². The maximum atomic E-state index is 6.38. The number of fused-ring (bicyclic) bond motifs is 3. The summed E-state index contributed by atoms with van der Waals surface area (Å²) in [6.07, 6.45) is 3.49. The lowest BCUT2D eigenvalue weighted by atomic mass is 10.1. The fourth-order valence-electron chi connectivity index (χ4n) is 2.60. The molecule has 0 aliphatic rings. The number of halogens is 1. The molecule has 0 bridgehead atoms. The van der Waals surface area contributed by atoms with E-state index in [0.29, 0.717) is 5.95 Å². The van der Waals surface area contributed by atoms with Crippen molar-refractivity contribution in [2.24, 2.45) is 0 Å². The molecule has 4 heteroatoms. The van der Waals surface area contributed by atoms with E-state index in [2.05, 4.69) is 22.1 Å². The molecule has 0 aliphatic carbocycles. The quantitative estimate of drug-likeness (QED) is 0.522. The Bertz CT molecular complexity index is 913. The number of nitrogens with zero attached hydrogens (tertiary/aromatic N) is 3. The van der Waals surface area contributed by atoms with E-state index < -0.39 is 0 Å². The van der Waals surface area contributed by atoms with Gasteiger partial charge in [0.2, 0.25) is 5.95 Å². The van der Waals surface area contributed by atoms with Crippen LogP contribution in [0.25, 0.3) is 27.8 Å². The lowest BCUT2D eigenvalue weighted by Crippen LogP contribution is -1.99. The van der Waals surface area contributed by atoms with Crippen LogP contribution in [0, 0.1) is 0 Å². The van der Waals surface area contributed by atoms with Crippen LogP contribution in [0.3, 0.4) is 0 Å². The van der Waals surface area contributed by atoms with E-state index in [1.54, 1.807) is 12.4 Å². The van der Waals surface area contributed by atoms with Gasteiger partial charge in [-0.25, -0.2) is 9.97 Å². The van der Waals surface area contributed by atoms with Gasteiger partial charge in [-0.15, -0.1) is 0 Å². The summed E-state index contributed by atoms with van der Waals surface area (Å²) in [5.41, 5.74) is 2.08. The predicted octanol–water partition coefficient (Wildman–Crippen LogP) is 4.23. The molecule has 2 heterocycles. The fraction of sp³-hybridized carbons (Fsp3) is 0. The van der Waals surface area contributed by atoms with Crippen LogP contribution in [0.15, 0.2) is 60.9 Å². The number of aromatic nitrogens is 3. The molecule has 4 aromatic rings. The molecule has 0 saturated heterocycles. The van der Waals surface area contributed by atoms with Gasteiger partial charge in [0, 0.05) is 23.2 Å². The van der Waals surface area contributed by atoms with Gasteiger partial charge in [-0.1, -0.05) is 35.9 Å². The van der Waals surface area contributed by atoms with Gasteiger partial charge in [-0.3, -0.25) is 4.57 Å². The van der Waals surface area contributed by atoms with Crippen molar-refractivity contribution in [1.29, 1.82) is 0 Å². The van der Waals surface area contributed by atoms with Crippen molar-refractivity contribution < 1.29 is 0 Å². The summed E-state index contributed by atoms with van der Waals surface area (Å²) in [6, 6.07) is 15.9. The average molecular weight is 280 g/mol. The van der Waals surface area contributed by atoms with E-state index in [-0.39, 0.29) is 0 Å². The smallest absolute Gasteiger partial charge is 0.234 e. The van der Waals surface area contributed by atoms with E-state index in [0.717, 1.165) is 26.8 Å². The van der Waals surface area contributed by atoms with E-state index in [4.69, 9.17) is 11.6 Å². The Balaban J connectivity index is 2.26. The predicted molar refractivity (Wildman–Crippen MR) is 81.4 cm³/mol. The highest BCUT2D eigenvalue weighted by Crippen LogP contribution is 2.34. The Morgan fingerprint density at radius 1 is 0.800 bits per heavy atom. The first-order chi connectivity index (χ1) is 9.86. The third-order valence-electron chi connectivity index (χ3n) is 3.40. The highest BCUT2D eigenvalue weighted by atomic mass is 35.5. The minimum absolute atomic E-state index is 0.654. The maximum Gasteiger partial charge on any atom is 0.234 e. The third kappa shape index (κ3) is 1.53. The highest BCUT2D eigenvalue weighted by Gasteiger charge is 2.14. The number of hydrogen-bond acceptors (Lipinski definition) is 2. The Morgan fingerprint density at radius 3 is 2.40 bits per heavy atom. The van der Waals surface area contributed by atoms with Crippen LogP contribution in [-0.2, 0) is 0 Å². The van der Waals surface area contributed by atoms with Gasteiger partial charge in [0.25, 0.3) is 0 Å². The molecule has 0 spiro atoms. The van der Waals surface area contributed by atoms with Gasteiger partial charge >= 0.3 is 0 Å². The first kappa shape index (κ1) is 11.4. The summed E-state index contributed by atoms with van der Waals surface area (Å²) in [5.74, 6) is 0.654. The Hall–Kier alpha value is -2.39. The zero-order valence-electron chi connectivity index (χ0n) is 10.5. The molecule has 4 rings (SSSR count). The minimum Gasteiger partial charge on any atom is -0.278 e. The second kappa shape index (κ2) is 4.32. The molecule has 2 aromatic heterocycles. The summed E-state index contributed by atoms with van der Waals surface area (Å²) in [7, 11) is 0. The Kier molecular flexibility index (Phi) is 2.47. The van der Waals surface area contributed by atoms with Crippen molar-refractivity contribution in [3.8, 4) is 5.95 Å². The van der Waals surface area contributed by atoms with E-state index >= 15 is 0 Å². The van der Waals surface area contributed by atoms with Crippen LogP contribution in [0.4, 0.5) is 0 Å². The first-order valence-electron chi connectivity index (χ1n) is 6.31. The first-order valence-corrected chi connectivity index (χ1v) is 6.69. The standard InChI is InChI=1S/C16H10ClN3/c17-12-6-3-8-14-15(12)11-5-1-2-7-13(11)20(14)16-18-9-4-10-19-16/h1-10H. The number of rotatable bonds is 1. The SMILES string of the molecule is Clc1cccc2c1c1ccccc1n2-c1ncccn1. The summed E-state index contributed by atoms with van der Waals surface area (Å²) < 4.78 is 2.04. The van der Waals surface area contributed by atoms with Crippen LogP contribution in [0.5, 0.6) is 0 Å². The van der Waals surface area contributed by atoms with Gasteiger partial charge in [-0.2, -0.15) is 0 Å². The molecule has 0 atom stereocenters. The molecule has 2 aromatic carbocycles. The lowest BCUT2D eigenvalue weighted by Gasteiger charge is -2.04. The fourth-order valence-corrected chi connectivity index (χ4v) is 2.87. The van der Waals surface area contributed by atoms with E-state index in [1.165, 1.54) is 0 Å². The summed E-state index contributed by atoms with van der Waals surface area (Å²) in [5, 5.41) is 2.89. The van der Waals surface area contributed by atoms with Crippen LogP contribution < -0.4 is 0 Å². The van der Waals surface area contributed by atoms with Gasteiger partial charge in [-0.05, 0) is 24.3 Å². The second-order valence-electron chi connectivity index (χ2n) is 4.54. The Labute approximate surface area is 120 Å². The van der Waals surface area contributed by atoms with Crippen LogP contribution in [0.2, 0.25) is 5.02 Å². The number of benzene rings is 2. The zero-order chi connectivity index (χ0) is 13.5. The van der Waals surface area contributed by atoms with Gasteiger partial charge in [0.05, 0.1) is 16.1 Å². The summed E-state index contributed by atoms with van der Waals surface area (Å²) in [4.78, 5) is 8.72. The molecule has 3 nitrogen and oxygen atoms in total. The highest BCUT2D eigenvalue weighted by molar-refractivity contribution is 6.38. The topological polar surface area (TPSA) is 30.7 Å².